The molecule has 3 heterocycles. The highest BCUT2D eigenvalue weighted by Gasteiger charge is 2.40. The number of ketones is 1. The quantitative estimate of drug-likeness (QED) is 0.766. The lowest BCUT2D eigenvalue weighted by molar-refractivity contribution is -0.0882. The Morgan fingerprint density at radius 3 is 2.32 bits per heavy atom. The zero-order valence-electron chi connectivity index (χ0n) is 13.0. The summed E-state index contributed by atoms with van der Waals surface area (Å²) < 4.78 is 42.0. The van der Waals surface area contributed by atoms with Crippen LogP contribution < -0.4 is 4.90 Å². The molecule has 0 radical (unpaired) electrons. The van der Waals surface area contributed by atoms with Crippen molar-refractivity contribution >= 4 is 28.8 Å². The van der Waals surface area contributed by atoms with Gasteiger partial charge in [0.25, 0.3) is 11.7 Å². The molecule has 7 nitrogen and oxygen atoms in total. The van der Waals surface area contributed by atoms with Crippen LogP contribution in [-0.4, -0.2) is 59.3 Å². The van der Waals surface area contributed by atoms with Gasteiger partial charge in [-0.2, -0.15) is 13.2 Å². The summed E-state index contributed by atoms with van der Waals surface area (Å²) in [5, 5.41) is 7.51. The SMILES string of the molecule is Cc1nonc1N1CCN(C(=O)c2ccc(C(=O)C(F)(F)F)s2)CC1. The number of hydrogen-bond donors (Lipinski definition) is 0. The topological polar surface area (TPSA) is 79.5 Å². The van der Waals surface area contributed by atoms with E-state index in [0.717, 1.165) is 6.07 Å². The number of aryl methyl sites for hydroxylation is 1. The number of halogens is 3. The number of rotatable bonds is 3. The number of carbonyl (C=O) groups excluding carboxylic acids is 2. The summed E-state index contributed by atoms with van der Waals surface area (Å²) in [7, 11) is 0. The number of anilines is 1. The predicted molar refractivity (Wildman–Crippen MR) is 81.9 cm³/mol. The van der Waals surface area contributed by atoms with Gasteiger partial charge in [-0.3, -0.25) is 9.59 Å². The number of piperazine rings is 1. The van der Waals surface area contributed by atoms with Crippen molar-refractivity contribution in [2.75, 3.05) is 31.1 Å². The van der Waals surface area contributed by atoms with Crippen LogP contribution in [0.3, 0.4) is 0 Å². The zero-order valence-corrected chi connectivity index (χ0v) is 13.9. The van der Waals surface area contributed by atoms with Crippen molar-refractivity contribution in [1.82, 2.24) is 15.2 Å². The average molecular weight is 374 g/mol. The van der Waals surface area contributed by atoms with Crippen molar-refractivity contribution in [2.24, 2.45) is 0 Å². The Kier molecular flexibility index (Phi) is 4.50. The van der Waals surface area contributed by atoms with Gasteiger partial charge in [-0.1, -0.05) is 5.16 Å². The van der Waals surface area contributed by atoms with Gasteiger partial charge in [-0.15, -0.1) is 11.3 Å². The van der Waals surface area contributed by atoms with Crippen LogP contribution >= 0.6 is 11.3 Å². The molecule has 0 spiro atoms. The molecule has 0 N–H and O–H groups in total. The summed E-state index contributed by atoms with van der Waals surface area (Å²) >= 11 is 0.559. The third-order valence-electron chi connectivity index (χ3n) is 3.79. The third-order valence-corrected chi connectivity index (χ3v) is 4.87. The molecule has 0 saturated carbocycles. The number of alkyl halides is 3. The molecular weight excluding hydrogens is 361 g/mol. The van der Waals surface area contributed by atoms with E-state index in [0.29, 0.717) is 49.0 Å². The summed E-state index contributed by atoms with van der Waals surface area (Å²) in [6.07, 6.45) is -4.94. The molecule has 1 fully saturated rings. The standard InChI is InChI=1S/C14H13F3N4O3S/c1-8-12(19-24-18-8)20-4-6-21(7-5-20)13(23)10-3-2-9(25-10)11(22)14(15,16)17/h2-3H,4-7H2,1H3. The molecule has 2 aromatic rings. The number of amides is 1. The number of carbonyl (C=O) groups is 2. The molecule has 3 rings (SSSR count). The fraction of sp³-hybridized carbons (Fsp3) is 0.429. The van der Waals surface area contributed by atoms with E-state index in [1.54, 1.807) is 6.92 Å². The Morgan fingerprint density at radius 1 is 1.12 bits per heavy atom. The number of hydrogen-bond acceptors (Lipinski definition) is 7. The van der Waals surface area contributed by atoms with Crippen molar-refractivity contribution in [3.63, 3.8) is 0 Å². The molecule has 0 unspecified atom stereocenters. The van der Waals surface area contributed by atoms with Crippen LogP contribution in [0, 0.1) is 6.92 Å². The molecule has 2 aromatic heterocycles. The van der Waals surface area contributed by atoms with Crippen LogP contribution in [-0.2, 0) is 0 Å². The van der Waals surface area contributed by atoms with Crippen molar-refractivity contribution in [2.45, 2.75) is 13.1 Å². The third kappa shape index (κ3) is 3.50. The van der Waals surface area contributed by atoms with Crippen LogP contribution in [0.4, 0.5) is 19.0 Å². The first-order chi connectivity index (χ1) is 11.8. The minimum atomic E-state index is -4.94. The summed E-state index contributed by atoms with van der Waals surface area (Å²) in [5.41, 5.74) is 0.647. The largest absolute Gasteiger partial charge is 0.455 e. The predicted octanol–water partition coefficient (Wildman–Crippen LogP) is 2.15. The first kappa shape index (κ1) is 17.4. The van der Waals surface area contributed by atoms with E-state index in [1.807, 2.05) is 4.90 Å². The van der Waals surface area contributed by atoms with Gasteiger partial charge in [0.1, 0.15) is 5.69 Å². The Bertz CT molecular complexity index is 793. The van der Waals surface area contributed by atoms with Crippen LogP contribution in [0.1, 0.15) is 25.0 Å². The molecule has 1 saturated heterocycles. The minimum Gasteiger partial charge on any atom is -0.349 e. The zero-order chi connectivity index (χ0) is 18.2. The van der Waals surface area contributed by atoms with Crippen molar-refractivity contribution in [3.8, 4) is 0 Å². The van der Waals surface area contributed by atoms with Crippen molar-refractivity contribution < 1.29 is 27.4 Å². The van der Waals surface area contributed by atoms with Gasteiger partial charge in [0.15, 0.2) is 5.82 Å². The number of aromatic nitrogens is 2. The Hall–Kier alpha value is -2.43. The Morgan fingerprint density at radius 2 is 1.76 bits per heavy atom. The van der Waals surface area contributed by atoms with Crippen LogP contribution in [0.15, 0.2) is 16.8 Å². The highest BCUT2D eigenvalue weighted by atomic mass is 32.1. The lowest BCUT2D eigenvalue weighted by Crippen LogP contribution is -2.49. The van der Waals surface area contributed by atoms with E-state index in [-0.39, 0.29) is 10.8 Å². The highest BCUT2D eigenvalue weighted by Crippen LogP contribution is 2.27. The molecule has 1 amide bonds. The van der Waals surface area contributed by atoms with Crippen molar-refractivity contribution in [1.29, 1.82) is 0 Å². The second-order valence-corrected chi connectivity index (χ2v) is 6.53. The lowest BCUT2D eigenvalue weighted by atomic mass is 10.2. The Balaban J connectivity index is 1.64. The van der Waals surface area contributed by atoms with Gasteiger partial charge in [0, 0.05) is 26.2 Å². The maximum absolute atomic E-state index is 12.4. The van der Waals surface area contributed by atoms with Gasteiger partial charge in [-0.05, 0) is 24.2 Å². The van der Waals surface area contributed by atoms with Crippen LogP contribution in [0.2, 0.25) is 0 Å². The van der Waals surface area contributed by atoms with E-state index < -0.39 is 16.8 Å². The molecule has 25 heavy (non-hydrogen) atoms. The van der Waals surface area contributed by atoms with E-state index in [4.69, 9.17) is 0 Å². The molecule has 0 bridgehead atoms. The molecule has 1 aliphatic rings. The molecule has 0 atom stereocenters. The summed E-state index contributed by atoms with van der Waals surface area (Å²) in [5.74, 6) is -1.71. The van der Waals surface area contributed by atoms with Gasteiger partial charge in [-0.25, -0.2) is 4.63 Å². The van der Waals surface area contributed by atoms with E-state index in [2.05, 4.69) is 14.9 Å². The van der Waals surface area contributed by atoms with E-state index in [9.17, 15) is 22.8 Å². The second-order valence-electron chi connectivity index (χ2n) is 5.44. The number of nitrogens with zero attached hydrogens (tertiary/aromatic N) is 4. The first-order valence-corrected chi connectivity index (χ1v) is 8.14. The fourth-order valence-corrected chi connectivity index (χ4v) is 3.44. The minimum absolute atomic E-state index is 0.111. The van der Waals surface area contributed by atoms with Gasteiger partial charge in [0.05, 0.1) is 9.75 Å². The van der Waals surface area contributed by atoms with Gasteiger partial charge >= 0.3 is 6.18 Å². The molecule has 1 aliphatic heterocycles. The highest BCUT2D eigenvalue weighted by molar-refractivity contribution is 7.16. The summed E-state index contributed by atoms with van der Waals surface area (Å²) in [4.78, 5) is 26.7. The maximum Gasteiger partial charge on any atom is 0.455 e. The smallest absolute Gasteiger partial charge is 0.349 e. The molecule has 134 valence electrons. The van der Waals surface area contributed by atoms with Crippen molar-refractivity contribution in [3.05, 3.63) is 27.6 Å². The fourth-order valence-electron chi connectivity index (χ4n) is 2.51. The first-order valence-electron chi connectivity index (χ1n) is 7.32. The normalized spacial score (nSPS) is 15.5. The van der Waals surface area contributed by atoms with E-state index >= 15 is 0 Å². The van der Waals surface area contributed by atoms with Gasteiger partial charge in [0.2, 0.25) is 0 Å². The second kappa shape index (κ2) is 6.47. The Labute approximate surface area is 144 Å². The molecule has 0 aliphatic carbocycles. The lowest BCUT2D eigenvalue weighted by Gasteiger charge is -2.34. The van der Waals surface area contributed by atoms with Crippen LogP contribution in [0.5, 0.6) is 0 Å². The average Bonchev–Trinajstić information content (AvgIpc) is 3.22. The monoisotopic (exact) mass is 374 g/mol. The number of Topliss-reactive ketones (excluding diaryl/α,β-unsaturated/α-hetero) is 1. The summed E-state index contributed by atoms with van der Waals surface area (Å²) in [6.45, 7) is 3.52. The number of thiophene rings is 1. The van der Waals surface area contributed by atoms with Crippen LogP contribution in [0.25, 0.3) is 0 Å². The van der Waals surface area contributed by atoms with Gasteiger partial charge < -0.3 is 9.80 Å². The summed E-state index contributed by atoms with van der Waals surface area (Å²) in [6, 6.07) is 2.29. The van der Waals surface area contributed by atoms with E-state index in [1.165, 1.54) is 11.0 Å². The maximum atomic E-state index is 12.4. The molecule has 11 heteroatoms. The molecular formula is C14H13F3N4O3S. The molecule has 0 aromatic carbocycles.